The van der Waals surface area contributed by atoms with Gasteiger partial charge in [-0.3, -0.25) is 4.79 Å². The largest absolute Gasteiger partial charge is 0.519 e. The van der Waals surface area contributed by atoms with Crippen LogP contribution in [0.15, 0.2) is 0 Å². The van der Waals surface area contributed by atoms with Crippen molar-refractivity contribution in [1.82, 2.24) is 0 Å². The van der Waals surface area contributed by atoms with Crippen molar-refractivity contribution in [3.05, 3.63) is 0 Å². The van der Waals surface area contributed by atoms with Crippen molar-refractivity contribution in [2.45, 2.75) is 123 Å². The molecule has 0 fully saturated rings. The van der Waals surface area contributed by atoms with Gasteiger partial charge in [0.15, 0.2) is 0 Å². The molecule has 0 rings (SSSR count). The van der Waals surface area contributed by atoms with Gasteiger partial charge >= 0.3 is 0 Å². The molecule has 27 heavy (non-hydrogen) atoms. The lowest BCUT2D eigenvalue weighted by molar-refractivity contribution is -0.135. The molecule has 0 aromatic rings. The zero-order valence-corrected chi connectivity index (χ0v) is 19.8. The summed E-state index contributed by atoms with van der Waals surface area (Å²) in [6, 6.07) is 0. The Balaban J connectivity index is 3.61. The van der Waals surface area contributed by atoms with Crippen molar-refractivity contribution in [1.29, 1.82) is 0 Å². The van der Waals surface area contributed by atoms with Gasteiger partial charge < -0.3 is 4.43 Å². The molecule has 0 unspecified atom stereocenters. The molecular formula is C24H42O2Si. The van der Waals surface area contributed by atoms with Crippen molar-refractivity contribution in [3.8, 4) is 23.7 Å². The van der Waals surface area contributed by atoms with Crippen molar-refractivity contribution in [2.24, 2.45) is 0 Å². The molecule has 0 amide bonds. The highest BCUT2D eigenvalue weighted by Crippen LogP contribution is 2.36. The minimum absolute atomic E-state index is 0.0109. The Morgan fingerprint density at radius 1 is 0.815 bits per heavy atom. The molecule has 0 radical (unpaired) electrons. The maximum Gasteiger partial charge on any atom is 0.292 e. The molecule has 0 aliphatic carbocycles. The second-order valence-corrected chi connectivity index (χ2v) is 13.6. The standard InChI is InChI=1S/C24H42O2Si/c1-7-8-9-10-11-12-13-14-15-16-17-18-19-20-21-22-23(25)26-27(5,6)24(2,3)4/h7-10,13,16-22H2,1-6H3. The fourth-order valence-corrected chi connectivity index (χ4v) is 3.29. The highest BCUT2D eigenvalue weighted by Gasteiger charge is 2.40. The van der Waals surface area contributed by atoms with E-state index in [1.807, 2.05) is 0 Å². The molecule has 0 aromatic heterocycles. The number of hydrogen-bond acceptors (Lipinski definition) is 2. The van der Waals surface area contributed by atoms with Gasteiger partial charge in [0.2, 0.25) is 0 Å². The van der Waals surface area contributed by atoms with E-state index >= 15 is 0 Å². The lowest BCUT2D eigenvalue weighted by Gasteiger charge is -2.35. The fourth-order valence-electron chi connectivity index (χ4n) is 2.31. The summed E-state index contributed by atoms with van der Waals surface area (Å²) in [5, 5.41) is 0.0876. The number of unbranched alkanes of at least 4 members (excludes halogenated alkanes) is 8. The van der Waals surface area contributed by atoms with Crippen LogP contribution in [0.3, 0.4) is 0 Å². The van der Waals surface area contributed by atoms with Gasteiger partial charge in [0.25, 0.3) is 14.3 Å². The minimum Gasteiger partial charge on any atom is -0.519 e. The smallest absolute Gasteiger partial charge is 0.292 e. The van der Waals surface area contributed by atoms with E-state index in [1.165, 1.54) is 32.1 Å². The first-order chi connectivity index (χ1) is 12.7. The number of hydrogen-bond donors (Lipinski definition) is 0. The summed E-state index contributed by atoms with van der Waals surface area (Å²) < 4.78 is 5.79. The van der Waals surface area contributed by atoms with Crippen LogP contribution in [0.25, 0.3) is 0 Å². The van der Waals surface area contributed by atoms with E-state index in [9.17, 15) is 4.79 Å². The summed E-state index contributed by atoms with van der Waals surface area (Å²) in [5.74, 6) is 12.7. The highest BCUT2D eigenvalue weighted by atomic mass is 28.4. The third-order valence-electron chi connectivity index (χ3n) is 5.19. The molecule has 154 valence electrons. The van der Waals surface area contributed by atoms with Gasteiger partial charge in [0.1, 0.15) is 0 Å². The maximum absolute atomic E-state index is 12.0. The Labute approximate surface area is 170 Å². The van der Waals surface area contributed by atoms with Crippen LogP contribution in [0.4, 0.5) is 0 Å². The summed E-state index contributed by atoms with van der Waals surface area (Å²) in [5.41, 5.74) is 0. The first-order valence-electron chi connectivity index (χ1n) is 10.8. The molecule has 0 saturated carbocycles. The molecule has 0 atom stereocenters. The van der Waals surface area contributed by atoms with E-state index in [1.54, 1.807) is 0 Å². The number of carbonyl (C=O) groups is 1. The van der Waals surface area contributed by atoms with Gasteiger partial charge in [-0.2, -0.15) is 0 Å². The molecule has 2 nitrogen and oxygen atoms in total. The SMILES string of the molecule is CCCCCC#CCC#CCCCCCCCC(=O)O[Si](C)(C)C(C)(C)C. The lowest BCUT2D eigenvalue weighted by Crippen LogP contribution is -2.42. The molecule has 0 bridgehead atoms. The van der Waals surface area contributed by atoms with Gasteiger partial charge in [0.05, 0.1) is 6.42 Å². The summed E-state index contributed by atoms with van der Waals surface area (Å²) in [4.78, 5) is 12.0. The van der Waals surface area contributed by atoms with Crippen molar-refractivity contribution in [3.63, 3.8) is 0 Å². The first kappa shape index (κ1) is 25.8. The molecular weight excluding hydrogens is 348 g/mol. The second kappa shape index (κ2) is 14.8. The molecule has 3 heteroatoms. The zero-order chi connectivity index (χ0) is 20.6. The number of carbonyl (C=O) groups excluding carboxylic acids is 1. The monoisotopic (exact) mass is 390 g/mol. The van der Waals surface area contributed by atoms with Gasteiger partial charge in [-0.25, -0.2) is 0 Å². The summed E-state index contributed by atoms with van der Waals surface area (Å²) >= 11 is 0. The Kier molecular flexibility index (Phi) is 14.2. The normalized spacial score (nSPS) is 11.2. The summed E-state index contributed by atoms with van der Waals surface area (Å²) in [6.07, 6.45) is 12.5. The molecule has 0 saturated heterocycles. The van der Waals surface area contributed by atoms with Crippen molar-refractivity contribution < 1.29 is 9.22 Å². The topological polar surface area (TPSA) is 26.3 Å². The molecule has 0 aliphatic heterocycles. The van der Waals surface area contributed by atoms with E-state index in [2.05, 4.69) is 64.5 Å². The van der Waals surface area contributed by atoms with E-state index in [-0.39, 0.29) is 11.0 Å². The van der Waals surface area contributed by atoms with E-state index in [0.717, 1.165) is 32.1 Å². The van der Waals surface area contributed by atoms with Gasteiger partial charge in [0, 0.05) is 19.3 Å². The average molecular weight is 391 g/mol. The third-order valence-corrected chi connectivity index (χ3v) is 9.54. The predicted molar refractivity (Wildman–Crippen MR) is 120 cm³/mol. The van der Waals surface area contributed by atoms with Crippen LogP contribution in [0.1, 0.15) is 105 Å². The second-order valence-electron chi connectivity index (χ2n) is 8.84. The van der Waals surface area contributed by atoms with Crippen molar-refractivity contribution in [2.75, 3.05) is 0 Å². The number of rotatable bonds is 11. The average Bonchev–Trinajstić information content (AvgIpc) is 2.57. The van der Waals surface area contributed by atoms with Crippen LogP contribution >= 0.6 is 0 Å². The van der Waals surface area contributed by atoms with Crippen LogP contribution in [0.5, 0.6) is 0 Å². The third kappa shape index (κ3) is 14.5. The van der Waals surface area contributed by atoms with Crippen molar-refractivity contribution >= 4 is 14.3 Å². The van der Waals surface area contributed by atoms with Gasteiger partial charge in [-0.15, -0.1) is 11.8 Å². The summed E-state index contributed by atoms with van der Waals surface area (Å²) in [6.45, 7) is 13.0. The lowest BCUT2D eigenvalue weighted by atomic mass is 10.1. The van der Waals surface area contributed by atoms with Crippen LogP contribution in [0.2, 0.25) is 18.1 Å². The van der Waals surface area contributed by atoms with Crippen LogP contribution in [-0.2, 0) is 9.22 Å². The van der Waals surface area contributed by atoms with Gasteiger partial charge in [-0.05, 0) is 37.4 Å². The quantitative estimate of drug-likeness (QED) is 0.211. The van der Waals surface area contributed by atoms with E-state index in [4.69, 9.17) is 4.43 Å². The van der Waals surface area contributed by atoms with E-state index < -0.39 is 8.32 Å². The van der Waals surface area contributed by atoms with Crippen LogP contribution in [0, 0.1) is 23.7 Å². The molecule has 0 aromatic carbocycles. The summed E-state index contributed by atoms with van der Waals surface area (Å²) in [7, 11) is -1.95. The van der Waals surface area contributed by atoms with Crippen LogP contribution < -0.4 is 0 Å². The molecule has 0 spiro atoms. The minimum atomic E-state index is -1.95. The molecule has 0 heterocycles. The Hall–Kier alpha value is -1.19. The molecule has 0 N–H and O–H groups in total. The molecule has 0 aliphatic rings. The Morgan fingerprint density at radius 3 is 1.89 bits per heavy atom. The maximum atomic E-state index is 12.0. The van der Waals surface area contributed by atoms with E-state index in [0.29, 0.717) is 12.8 Å². The highest BCUT2D eigenvalue weighted by molar-refractivity contribution is 6.75. The fraction of sp³-hybridized carbons (Fsp3) is 0.792. The van der Waals surface area contributed by atoms with Gasteiger partial charge in [-0.1, -0.05) is 71.6 Å². The Bertz CT molecular complexity index is 521. The first-order valence-corrected chi connectivity index (χ1v) is 13.7. The van der Waals surface area contributed by atoms with Crippen LogP contribution in [-0.4, -0.2) is 14.3 Å². The predicted octanol–water partition coefficient (Wildman–Crippen LogP) is 7.24. The Morgan fingerprint density at radius 2 is 1.33 bits per heavy atom. The zero-order valence-electron chi connectivity index (χ0n) is 18.8.